The van der Waals surface area contributed by atoms with E-state index < -0.39 is 6.10 Å². The molecule has 0 radical (unpaired) electrons. The van der Waals surface area contributed by atoms with Crippen LogP contribution in [-0.4, -0.2) is 20.3 Å². The fraction of sp³-hybridized carbons (Fsp3) is 0.125. The first-order valence-electron chi connectivity index (χ1n) is 6.48. The molecule has 1 aromatic carbocycles. The zero-order chi connectivity index (χ0) is 13.9. The molecule has 100 valence electrons. The summed E-state index contributed by atoms with van der Waals surface area (Å²) in [6, 6.07) is 13.8. The number of hydrogen-bond donors (Lipinski definition) is 2. The first kappa shape index (κ1) is 12.6. The van der Waals surface area contributed by atoms with Crippen LogP contribution in [0.3, 0.4) is 0 Å². The van der Waals surface area contributed by atoms with Crippen LogP contribution in [0.4, 0.5) is 0 Å². The van der Waals surface area contributed by atoms with E-state index in [1.54, 1.807) is 13.1 Å². The molecule has 0 spiro atoms. The summed E-state index contributed by atoms with van der Waals surface area (Å²) < 4.78 is 0. The fourth-order valence-electron chi connectivity index (χ4n) is 2.09. The maximum absolute atomic E-state index is 9.59. The minimum absolute atomic E-state index is 0.555. The highest BCUT2D eigenvalue weighted by molar-refractivity contribution is 5.67. The Morgan fingerprint density at radius 1 is 1.00 bits per heavy atom. The summed E-state index contributed by atoms with van der Waals surface area (Å²) in [5, 5.41) is 16.3. The fourth-order valence-corrected chi connectivity index (χ4v) is 2.09. The Kier molecular flexibility index (Phi) is 3.31. The van der Waals surface area contributed by atoms with Crippen molar-refractivity contribution in [2.24, 2.45) is 0 Å². The predicted octanol–water partition coefficient (Wildman–Crippen LogP) is 3.19. The Hall–Kier alpha value is -2.46. The van der Waals surface area contributed by atoms with Gasteiger partial charge in [-0.1, -0.05) is 30.3 Å². The van der Waals surface area contributed by atoms with Gasteiger partial charge < -0.3 is 5.11 Å². The van der Waals surface area contributed by atoms with Gasteiger partial charge in [-0.2, -0.15) is 5.10 Å². The van der Waals surface area contributed by atoms with E-state index >= 15 is 0 Å². The Morgan fingerprint density at radius 3 is 2.40 bits per heavy atom. The van der Waals surface area contributed by atoms with E-state index in [-0.39, 0.29) is 0 Å². The standard InChI is InChI=1S/C16H15N3O/c1-11(20)15-3-2-4-16(19-15)13-7-5-12(6-8-13)14-9-17-18-10-14/h2-11,20H,1H3,(H,17,18)/t11-/m0/s1. The van der Waals surface area contributed by atoms with Crippen LogP contribution in [0.15, 0.2) is 54.9 Å². The van der Waals surface area contributed by atoms with Crippen LogP contribution >= 0.6 is 0 Å². The topological polar surface area (TPSA) is 61.8 Å². The van der Waals surface area contributed by atoms with Gasteiger partial charge in [0, 0.05) is 17.3 Å². The van der Waals surface area contributed by atoms with Gasteiger partial charge in [0.2, 0.25) is 0 Å². The van der Waals surface area contributed by atoms with Crippen LogP contribution in [0.25, 0.3) is 22.4 Å². The molecule has 3 aromatic rings. The van der Waals surface area contributed by atoms with Gasteiger partial charge in [-0.15, -0.1) is 0 Å². The SMILES string of the molecule is C[C@H](O)c1cccc(-c2ccc(-c3cn[nH]c3)cc2)n1. The zero-order valence-corrected chi connectivity index (χ0v) is 11.1. The van der Waals surface area contributed by atoms with Gasteiger partial charge in [-0.05, 0) is 24.6 Å². The lowest BCUT2D eigenvalue weighted by Gasteiger charge is -2.07. The second-order valence-corrected chi connectivity index (χ2v) is 4.69. The molecule has 0 aliphatic heterocycles. The summed E-state index contributed by atoms with van der Waals surface area (Å²) >= 11 is 0. The summed E-state index contributed by atoms with van der Waals surface area (Å²) in [5.41, 5.74) is 4.74. The smallest absolute Gasteiger partial charge is 0.0932 e. The van der Waals surface area contributed by atoms with Crippen LogP contribution in [0.2, 0.25) is 0 Å². The van der Waals surface area contributed by atoms with Gasteiger partial charge >= 0.3 is 0 Å². The third-order valence-corrected chi connectivity index (χ3v) is 3.21. The number of aliphatic hydroxyl groups is 1. The molecule has 4 heteroatoms. The molecule has 0 aliphatic carbocycles. The summed E-state index contributed by atoms with van der Waals surface area (Å²) in [5.74, 6) is 0. The number of nitrogens with one attached hydrogen (secondary N) is 1. The molecule has 3 rings (SSSR count). The number of H-pyrrole nitrogens is 1. The van der Waals surface area contributed by atoms with Crippen LogP contribution < -0.4 is 0 Å². The third kappa shape index (κ3) is 2.46. The molecule has 0 fully saturated rings. The second kappa shape index (κ2) is 5.27. The number of nitrogens with zero attached hydrogens (tertiary/aromatic N) is 2. The van der Waals surface area contributed by atoms with Crippen molar-refractivity contribution in [3.8, 4) is 22.4 Å². The minimum atomic E-state index is -0.555. The summed E-state index contributed by atoms with van der Waals surface area (Å²) in [4.78, 5) is 4.47. The van der Waals surface area contributed by atoms with E-state index in [4.69, 9.17) is 0 Å². The maximum Gasteiger partial charge on any atom is 0.0932 e. The van der Waals surface area contributed by atoms with Crippen molar-refractivity contribution < 1.29 is 5.11 Å². The molecule has 1 atom stereocenters. The first-order valence-corrected chi connectivity index (χ1v) is 6.48. The highest BCUT2D eigenvalue weighted by Crippen LogP contribution is 2.24. The predicted molar refractivity (Wildman–Crippen MR) is 77.9 cm³/mol. The molecule has 0 unspecified atom stereocenters. The van der Waals surface area contributed by atoms with Crippen LogP contribution in [0.1, 0.15) is 18.7 Å². The van der Waals surface area contributed by atoms with E-state index in [0.717, 1.165) is 22.4 Å². The van der Waals surface area contributed by atoms with Crippen molar-refractivity contribution in [2.75, 3.05) is 0 Å². The second-order valence-electron chi connectivity index (χ2n) is 4.69. The highest BCUT2D eigenvalue weighted by Gasteiger charge is 2.06. The van der Waals surface area contributed by atoms with Gasteiger partial charge in [-0.3, -0.25) is 10.1 Å². The number of aliphatic hydroxyl groups excluding tert-OH is 1. The van der Waals surface area contributed by atoms with Crippen molar-refractivity contribution in [2.45, 2.75) is 13.0 Å². The van der Waals surface area contributed by atoms with Crippen molar-refractivity contribution in [3.05, 3.63) is 60.6 Å². The molecular weight excluding hydrogens is 250 g/mol. The highest BCUT2D eigenvalue weighted by atomic mass is 16.3. The van der Waals surface area contributed by atoms with Gasteiger partial charge in [0.1, 0.15) is 0 Å². The van der Waals surface area contributed by atoms with Gasteiger partial charge in [-0.25, -0.2) is 0 Å². The van der Waals surface area contributed by atoms with Crippen molar-refractivity contribution in [3.63, 3.8) is 0 Å². The number of pyridine rings is 1. The Balaban J connectivity index is 1.93. The van der Waals surface area contributed by atoms with Gasteiger partial charge in [0.05, 0.1) is 23.7 Å². The maximum atomic E-state index is 9.59. The first-order chi connectivity index (χ1) is 9.74. The summed E-state index contributed by atoms with van der Waals surface area (Å²) in [7, 11) is 0. The minimum Gasteiger partial charge on any atom is -0.387 e. The third-order valence-electron chi connectivity index (χ3n) is 3.21. The van der Waals surface area contributed by atoms with Crippen molar-refractivity contribution in [1.29, 1.82) is 0 Å². The normalized spacial score (nSPS) is 12.3. The lowest BCUT2D eigenvalue weighted by Crippen LogP contribution is -1.96. The van der Waals surface area contributed by atoms with E-state index in [2.05, 4.69) is 15.2 Å². The Bertz CT molecular complexity index is 688. The van der Waals surface area contributed by atoms with Crippen molar-refractivity contribution >= 4 is 0 Å². The van der Waals surface area contributed by atoms with E-state index in [9.17, 15) is 5.11 Å². The molecule has 0 bridgehead atoms. The molecule has 20 heavy (non-hydrogen) atoms. The Labute approximate surface area is 117 Å². The number of aromatic amines is 1. The monoisotopic (exact) mass is 265 g/mol. The molecule has 0 amide bonds. The summed E-state index contributed by atoms with van der Waals surface area (Å²) in [6.45, 7) is 1.72. The van der Waals surface area contributed by atoms with E-state index in [1.807, 2.05) is 48.7 Å². The molecule has 2 heterocycles. The number of benzene rings is 1. The van der Waals surface area contributed by atoms with Crippen LogP contribution in [0, 0.1) is 0 Å². The number of aromatic nitrogens is 3. The van der Waals surface area contributed by atoms with E-state index in [0.29, 0.717) is 5.69 Å². The van der Waals surface area contributed by atoms with Crippen molar-refractivity contribution in [1.82, 2.24) is 15.2 Å². The van der Waals surface area contributed by atoms with E-state index in [1.165, 1.54) is 0 Å². The molecule has 4 nitrogen and oxygen atoms in total. The summed E-state index contributed by atoms with van der Waals surface area (Å²) in [6.07, 6.45) is 3.10. The molecule has 0 aliphatic rings. The molecule has 0 saturated heterocycles. The molecular formula is C16H15N3O. The Morgan fingerprint density at radius 2 is 1.75 bits per heavy atom. The molecule has 2 aromatic heterocycles. The average Bonchev–Trinajstić information content (AvgIpc) is 3.02. The zero-order valence-electron chi connectivity index (χ0n) is 11.1. The van der Waals surface area contributed by atoms with Gasteiger partial charge in [0.15, 0.2) is 0 Å². The van der Waals surface area contributed by atoms with Crippen LogP contribution in [0.5, 0.6) is 0 Å². The number of hydrogen-bond acceptors (Lipinski definition) is 3. The largest absolute Gasteiger partial charge is 0.387 e. The average molecular weight is 265 g/mol. The van der Waals surface area contributed by atoms with Crippen LogP contribution in [-0.2, 0) is 0 Å². The lowest BCUT2D eigenvalue weighted by atomic mass is 10.0. The molecule has 0 saturated carbocycles. The quantitative estimate of drug-likeness (QED) is 0.764. The lowest BCUT2D eigenvalue weighted by molar-refractivity contribution is 0.194. The number of rotatable bonds is 3. The molecule has 2 N–H and O–H groups in total. The van der Waals surface area contributed by atoms with Gasteiger partial charge in [0.25, 0.3) is 0 Å².